The zero-order valence-electron chi connectivity index (χ0n) is 20.7. The number of halogens is 4. The first-order chi connectivity index (χ1) is 18.6. The summed E-state index contributed by atoms with van der Waals surface area (Å²) in [7, 11) is 0. The number of piperidine rings is 2. The van der Waals surface area contributed by atoms with Gasteiger partial charge in [0.15, 0.2) is 0 Å². The fourth-order valence-electron chi connectivity index (χ4n) is 5.93. The van der Waals surface area contributed by atoms with Gasteiger partial charge in [-0.25, -0.2) is 18.2 Å². The fourth-order valence-corrected chi connectivity index (χ4v) is 6.27. The molecule has 0 bridgehead atoms. The summed E-state index contributed by atoms with van der Waals surface area (Å²) in [6, 6.07) is 5.81. The number of benzene rings is 1. The topological polar surface area (TPSA) is 102 Å². The highest BCUT2D eigenvalue weighted by Crippen LogP contribution is 2.51. The van der Waals surface area contributed by atoms with E-state index in [1.54, 1.807) is 17.0 Å². The Kier molecular flexibility index (Phi) is 6.05. The van der Waals surface area contributed by atoms with Crippen molar-refractivity contribution in [2.75, 3.05) is 37.6 Å². The number of carbonyl (C=O) groups is 3. The van der Waals surface area contributed by atoms with Crippen molar-refractivity contribution in [2.45, 2.75) is 37.0 Å². The van der Waals surface area contributed by atoms with E-state index in [1.165, 1.54) is 17.2 Å². The van der Waals surface area contributed by atoms with Gasteiger partial charge in [-0.05, 0) is 43.5 Å². The molecule has 6 rings (SSSR count). The van der Waals surface area contributed by atoms with E-state index in [-0.39, 0.29) is 73.2 Å². The molecule has 3 amide bonds. The van der Waals surface area contributed by atoms with Crippen LogP contribution in [0.15, 0.2) is 30.5 Å². The molecule has 0 unspecified atom stereocenters. The molecular formula is C26H24ClF3N6O3. The average molecular weight is 561 g/mol. The lowest BCUT2D eigenvalue weighted by molar-refractivity contribution is -0.141. The van der Waals surface area contributed by atoms with Gasteiger partial charge in [0.2, 0.25) is 11.8 Å². The van der Waals surface area contributed by atoms with Gasteiger partial charge in [-0.1, -0.05) is 11.6 Å². The van der Waals surface area contributed by atoms with Crippen molar-refractivity contribution < 1.29 is 27.6 Å². The van der Waals surface area contributed by atoms with Crippen molar-refractivity contribution in [1.82, 2.24) is 25.0 Å². The number of hydrogen-bond acceptors (Lipinski definition) is 5. The molecule has 3 aliphatic rings. The number of amides is 3. The molecule has 13 heteroatoms. The molecule has 2 saturated heterocycles. The van der Waals surface area contributed by atoms with Gasteiger partial charge in [0.1, 0.15) is 23.6 Å². The average Bonchev–Trinajstić information content (AvgIpc) is 3.47. The summed E-state index contributed by atoms with van der Waals surface area (Å²) in [6.45, 7) is -0.646. The quantitative estimate of drug-likeness (QED) is 0.528. The van der Waals surface area contributed by atoms with E-state index in [1.807, 2.05) is 0 Å². The third-order valence-electron chi connectivity index (χ3n) is 7.96. The van der Waals surface area contributed by atoms with Crippen molar-refractivity contribution >= 4 is 46.0 Å². The van der Waals surface area contributed by atoms with Crippen LogP contribution in [0.4, 0.5) is 18.9 Å². The minimum absolute atomic E-state index is 0.147. The first-order valence-corrected chi connectivity index (χ1v) is 13.0. The number of likely N-dealkylation sites (tertiary alicyclic amines) is 2. The number of fused-ring (bicyclic) bond motifs is 3. The summed E-state index contributed by atoms with van der Waals surface area (Å²) in [4.78, 5) is 48.3. The minimum Gasteiger partial charge on any atom is -0.337 e. The zero-order valence-corrected chi connectivity index (χ0v) is 21.5. The number of aromatic amines is 1. The van der Waals surface area contributed by atoms with Crippen LogP contribution >= 0.6 is 11.6 Å². The Morgan fingerprint density at radius 1 is 1.05 bits per heavy atom. The van der Waals surface area contributed by atoms with Crippen molar-refractivity contribution in [3.05, 3.63) is 52.6 Å². The van der Waals surface area contributed by atoms with Gasteiger partial charge >= 0.3 is 0 Å². The fraction of sp³-hybridized carbons (Fsp3) is 0.423. The Morgan fingerprint density at radius 3 is 2.56 bits per heavy atom. The number of nitrogens with zero attached hydrogens (tertiary/aromatic N) is 5. The van der Waals surface area contributed by atoms with Crippen LogP contribution < -0.4 is 4.90 Å². The molecule has 39 heavy (non-hydrogen) atoms. The largest absolute Gasteiger partial charge is 0.337 e. The van der Waals surface area contributed by atoms with Crippen LogP contribution in [-0.2, 0) is 15.0 Å². The van der Waals surface area contributed by atoms with Gasteiger partial charge in [0, 0.05) is 31.6 Å². The molecule has 0 saturated carbocycles. The number of pyridine rings is 1. The molecule has 0 aliphatic carbocycles. The van der Waals surface area contributed by atoms with Crippen LogP contribution in [0.25, 0.3) is 11.0 Å². The summed E-state index contributed by atoms with van der Waals surface area (Å²) in [5.74, 6) is -5.07. The van der Waals surface area contributed by atoms with Crippen LogP contribution in [0.3, 0.4) is 0 Å². The van der Waals surface area contributed by atoms with E-state index < -0.39 is 42.1 Å². The standard InChI is InChI=1S/C26H24ClF3N6O3/c27-22-15(28)2-5-19-21(22)25(24(39)36(19)13-20(37)35-9-1-6-26(29,30)14-35)7-10-34(11-8-25)23(38)17-4-3-16-18(32-17)12-31-33-16/h2-5,12H,1,6-11,13-14H2,(H,31,33). The maximum absolute atomic E-state index is 14.6. The highest BCUT2D eigenvalue weighted by molar-refractivity contribution is 6.33. The molecule has 5 heterocycles. The number of alkyl halides is 2. The van der Waals surface area contributed by atoms with Gasteiger partial charge < -0.3 is 14.7 Å². The van der Waals surface area contributed by atoms with E-state index in [4.69, 9.17) is 11.6 Å². The van der Waals surface area contributed by atoms with E-state index in [0.717, 1.165) is 11.0 Å². The molecule has 3 aromatic rings. The van der Waals surface area contributed by atoms with Gasteiger partial charge in [0.25, 0.3) is 11.8 Å². The second-order valence-electron chi connectivity index (χ2n) is 10.3. The lowest BCUT2D eigenvalue weighted by Gasteiger charge is -2.39. The maximum atomic E-state index is 14.6. The number of carbonyl (C=O) groups excluding carboxylic acids is 3. The normalized spacial score (nSPS) is 20.1. The van der Waals surface area contributed by atoms with Crippen LogP contribution in [-0.4, -0.2) is 81.3 Å². The predicted octanol–water partition coefficient (Wildman–Crippen LogP) is 3.53. The van der Waals surface area contributed by atoms with Crippen LogP contribution in [0.1, 0.15) is 41.7 Å². The summed E-state index contributed by atoms with van der Waals surface area (Å²) < 4.78 is 42.5. The molecule has 3 aliphatic heterocycles. The SMILES string of the molecule is O=C(CN1C(=O)C2(CCN(C(=O)c3ccc4[nH]ncc4n3)CC2)c2c1ccc(F)c2Cl)N1CCCC(F)(F)C1. The molecule has 0 radical (unpaired) electrons. The third-order valence-corrected chi connectivity index (χ3v) is 8.32. The first kappa shape index (κ1) is 25.6. The predicted molar refractivity (Wildman–Crippen MR) is 135 cm³/mol. The Bertz CT molecular complexity index is 1500. The third kappa shape index (κ3) is 4.21. The maximum Gasteiger partial charge on any atom is 0.272 e. The number of nitrogens with one attached hydrogen (secondary N) is 1. The number of H-pyrrole nitrogens is 1. The van der Waals surface area contributed by atoms with Crippen LogP contribution in [0.2, 0.25) is 5.02 Å². The lowest BCUT2D eigenvalue weighted by atomic mass is 9.73. The molecule has 204 valence electrons. The van der Waals surface area contributed by atoms with Gasteiger partial charge in [-0.2, -0.15) is 5.10 Å². The number of hydrogen-bond donors (Lipinski definition) is 1. The van der Waals surface area contributed by atoms with Crippen LogP contribution in [0.5, 0.6) is 0 Å². The first-order valence-electron chi connectivity index (χ1n) is 12.7. The lowest BCUT2D eigenvalue weighted by Crippen LogP contribution is -2.53. The highest BCUT2D eigenvalue weighted by Gasteiger charge is 2.54. The molecule has 1 spiro atoms. The highest BCUT2D eigenvalue weighted by atomic mass is 35.5. The molecular weight excluding hydrogens is 537 g/mol. The van der Waals surface area contributed by atoms with Crippen molar-refractivity contribution in [3.63, 3.8) is 0 Å². The molecule has 9 nitrogen and oxygen atoms in total. The number of aromatic nitrogens is 3. The molecule has 2 aromatic heterocycles. The number of anilines is 1. The Hall–Kier alpha value is -3.67. The Labute approximate surface area is 225 Å². The molecule has 1 N–H and O–H groups in total. The van der Waals surface area contributed by atoms with E-state index in [2.05, 4.69) is 15.2 Å². The number of rotatable bonds is 3. The van der Waals surface area contributed by atoms with Gasteiger partial charge in [0.05, 0.1) is 34.4 Å². The van der Waals surface area contributed by atoms with Crippen molar-refractivity contribution in [2.24, 2.45) is 0 Å². The Balaban J connectivity index is 1.25. The summed E-state index contributed by atoms with van der Waals surface area (Å²) in [5.41, 5.74) is 0.776. The molecule has 0 atom stereocenters. The van der Waals surface area contributed by atoms with E-state index in [0.29, 0.717) is 11.0 Å². The Morgan fingerprint density at radius 2 is 1.82 bits per heavy atom. The monoisotopic (exact) mass is 560 g/mol. The molecule has 2 fully saturated rings. The van der Waals surface area contributed by atoms with Gasteiger partial charge in [-0.15, -0.1) is 0 Å². The van der Waals surface area contributed by atoms with Crippen molar-refractivity contribution in [1.29, 1.82) is 0 Å². The minimum atomic E-state index is -2.98. The van der Waals surface area contributed by atoms with E-state index >= 15 is 0 Å². The van der Waals surface area contributed by atoms with E-state index in [9.17, 15) is 27.6 Å². The zero-order chi connectivity index (χ0) is 27.5. The summed E-state index contributed by atoms with van der Waals surface area (Å²) >= 11 is 6.41. The second kappa shape index (κ2) is 9.22. The van der Waals surface area contributed by atoms with Crippen molar-refractivity contribution in [3.8, 4) is 0 Å². The van der Waals surface area contributed by atoms with Gasteiger partial charge in [-0.3, -0.25) is 19.5 Å². The smallest absolute Gasteiger partial charge is 0.272 e. The molecule has 1 aromatic carbocycles. The summed E-state index contributed by atoms with van der Waals surface area (Å²) in [6.07, 6.45) is 1.68. The summed E-state index contributed by atoms with van der Waals surface area (Å²) in [5, 5.41) is 6.47. The van der Waals surface area contributed by atoms with Crippen LogP contribution in [0, 0.1) is 5.82 Å². The second-order valence-corrected chi connectivity index (χ2v) is 10.7.